The summed E-state index contributed by atoms with van der Waals surface area (Å²) in [5, 5.41) is 7.86. The first-order valence-electron chi connectivity index (χ1n) is 6.91. The summed E-state index contributed by atoms with van der Waals surface area (Å²) in [5.41, 5.74) is 4.97. The smallest absolute Gasteiger partial charge is 0.0716 e. The van der Waals surface area contributed by atoms with Gasteiger partial charge in [0.25, 0.3) is 0 Å². The standard InChI is InChI=1S/C16H23N3O/c1-12(16-10-18-19(3)13(16)2)17-9-14-7-5-6-8-15(14)11-20-4/h5-8,10,12,17H,9,11H2,1-4H3. The molecule has 0 aliphatic carbocycles. The molecule has 1 heterocycles. The van der Waals surface area contributed by atoms with Gasteiger partial charge in [-0.25, -0.2) is 0 Å². The first kappa shape index (κ1) is 14.8. The van der Waals surface area contributed by atoms with Crippen molar-refractivity contribution < 1.29 is 4.74 Å². The van der Waals surface area contributed by atoms with E-state index in [0.29, 0.717) is 6.61 Å². The summed E-state index contributed by atoms with van der Waals surface area (Å²) in [4.78, 5) is 0. The van der Waals surface area contributed by atoms with Crippen LogP contribution in [0.1, 0.15) is 35.3 Å². The summed E-state index contributed by atoms with van der Waals surface area (Å²) >= 11 is 0. The zero-order valence-corrected chi connectivity index (χ0v) is 12.7. The molecule has 1 atom stereocenters. The van der Waals surface area contributed by atoms with Crippen molar-refractivity contribution in [1.29, 1.82) is 0 Å². The highest BCUT2D eigenvalue weighted by Gasteiger charge is 2.12. The highest BCUT2D eigenvalue weighted by molar-refractivity contribution is 5.27. The number of benzene rings is 1. The molecule has 1 aromatic carbocycles. The van der Waals surface area contributed by atoms with Crippen LogP contribution in [0.2, 0.25) is 0 Å². The Labute approximate surface area is 120 Å². The molecule has 0 spiro atoms. The van der Waals surface area contributed by atoms with Gasteiger partial charge in [-0.3, -0.25) is 4.68 Å². The average molecular weight is 273 g/mol. The quantitative estimate of drug-likeness (QED) is 0.879. The number of hydrogen-bond acceptors (Lipinski definition) is 3. The first-order chi connectivity index (χ1) is 9.63. The van der Waals surface area contributed by atoms with Crippen molar-refractivity contribution in [3.8, 4) is 0 Å². The molecule has 108 valence electrons. The van der Waals surface area contributed by atoms with Crippen molar-refractivity contribution in [1.82, 2.24) is 15.1 Å². The minimum atomic E-state index is 0.277. The monoisotopic (exact) mass is 273 g/mol. The van der Waals surface area contributed by atoms with Crippen molar-refractivity contribution in [2.75, 3.05) is 7.11 Å². The lowest BCUT2D eigenvalue weighted by molar-refractivity contribution is 0.184. The number of aromatic nitrogens is 2. The van der Waals surface area contributed by atoms with E-state index in [0.717, 1.165) is 6.54 Å². The number of methoxy groups -OCH3 is 1. The molecule has 4 nitrogen and oxygen atoms in total. The second-order valence-electron chi connectivity index (χ2n) is 5.11. The van der Waals surface area contributed by atoms with Gasteiger partial charge in [0, 0.05) is 38.0 Å². The summed E-state index contributed by atoms with van der Waals surface area (Å²) in [6.45, 7) is 5.75. The molecule has 20 heavy (non-hydrogen) atoms. The van der Waals surface area contributed by atoms with Crippen LogP contribution in [-0.4, -0.2) is 16.9 Å². The van der Waals surface area contributed by atoms with Crippen molar-refractivity contribution in [3.63, 3.8) is 0 Å². The Bertz CT molecular complexity index is 563. The molecule has 1 N–H and O–H groups in total. The first-order valence-corrected chi connectivity index (χ1v) is 6.91. The predicted octanol–water partition coefficient (Wildman–Crippen LogP) is 2.73. The number of aryl methyl sites for hydroxylation is 1. The van der Waals surface area contributed by atoms with E-state index in [9.17, 15) is 0 Å². The molecule has 0 fully saturated rings. The topological polar surface area (TPSA) is 39.1 Å². The molecule has 0 amide bonds. The Hall–Kier alpha value is -1.65. The molecular formula is C16H23N3O. The molecule has 1 aromatic heterocycles. The Morgan fingerprint density at radius 1 is 1.30 bits per heavy atom. The van der Waals surface area contributed by atoms with Crippen LogP contribution in [0.15, 0.2) is 30.5 Å². The molecular weight excluding hydrogens is 250 g/mol. The molecule has 2 rings (SSSR count). The van der Waals surface area contributed by atoms with Gasteiger partial charge in [-0.05, 0) is 25.0 Å². The molecule has 0 radical (unpaired) electrons. The Kier molecular flexibility index (Phi) is 4.93. The van der Waals surface area contributed by atoms with Gasteiger partial charge in [0.15, 0.2) is 0 Å². The fourth-order valence-electron chi connectivity index (χ4n) is 2.34. The van der Waals surface area contributed by atoms with Gasteiger partial charge in [-0.2, -0.15) is 5.10 Å². The summed E-state index contributed by atoms with van der Waals surface area (Å²) in [5.74, 6) is 0. The molecule has 0 bridgehead atoms. The minimum absolute atomic E-state index is 0.277. The van der Waals surface area contributed by atoms with Gasteiger partial charge in [0.2, 0.25) is 0 Å². The van der Waals surface area contributed by atoms with E-state index in [1.807, 2.05) is 24.0 Å². The van der Waals surface area contributed by atoms with Crippen molar-refractivity contribution in [2.24, 2.45) is 7.05 Å². The van der Waals surface area contributed by atoms with Crippen molar-refractivity contribution in [3.05, 3.63) is 52.8 Å². The summed E-state index contributed by atoms with van der Waals surface area (Å²) < 4.78 is 7.15. The van der Waals surface area contributed by atoms with E-state index in [4.69, 9.17) is 4.74 Å². The van der Waals surface area contributed by atoms with Crippen LogP contribution in [0.4, 0.5) is 0 Å². The van der Waals surface area contributed by atoms with Crippen molar-refractivity contribution >= 4 is 0 Å². The number of nitrogens with one attached hydrogen (secondary N) is 1. The fraction of sp³-hybridized carbons (Fsp3) is 0.438. The van der Waals surface area contributed by atoms with E-state index in [1.165, 1.54) is 22.4 Å². The average Bonchev–Trinajstić information content (AvgIpc) is 2.78. The minimum Gasteiger partial charge on any atom is -0.380 e. The van der Waals surface area contributed by atoms with E-state index in [-0.39, 0.29) is 6.04 Å². The fourth-order valence-corrected chi connectivity index (χ4v) is 2.34. The Morgan fingerprint density at radius 2 is 2.00 bits per heavy atom. The largest absolute Gasteiger partial charge is 0.380 e. The maximum Gasteiger partial charge on any atom is 0.0716 e. The van der Waals surface area contributed by atoms with Crippen LogP contribution in [0.25, 0.3) is 0 Å². The number of nitrogens with zero attached hydrogens (tertiary/aromatic N) is 2. The molecule has 0 aliphatic rings. The van der Waals surface area contributed by atoms with Crippen LogP contribution in [0.3, 0.4) is 0 Å². The summed E-state index contributed by atoms with van der Waals surface area (Å²) in [6, 6.07) is 8.65. The number of rotatable bonds is 6. The molecule has 1 unspecified atom stereocenters. The normalized spacial score (nSPS) is 12.6. The molecule has 4 heteroatoms. The zero-order valence-electron chi connectivity index (χ0n) is 12.7. The van der Waals surface area contributed by atoms with E-state index < -0.39 is 0 Å². The van der Waals surface area contributed by atoms with Crippen LogP contribution in [0, 0.1) is 6.92 Å². The maximum absolute atomic E-state index is 5.24. The molecule has 2 aromatic rings. The zero-order chi connectivity index (χ0) is 14.5. The number of ether oxygens (including phenoxy) is 1. The van der Waals surface area contributed by atoms with Gasteiger partial charge >= 0.3 is 0 Å². The van der Waals surface area contributed by atoms with Gasteiger partial charge in [-0.1, -0.05) is 24.3 Å². The lowest BCUT2D eigenvalue weighted by Crippen LogP contribution is -2.19. The van der Waals surface area contributed by atoms with Gasteiger partial charge in [0.05, 0.1) is 12.8 Å². The van der Waals surface area contributed by atoms with Gasteiger partial charge in [0.1, 0.15) is 0 Å². The van der Waals surface area contributed by atoms with Crippen LogP contribution < -0.4 is 5.32 Å². The molecule has 0 saturated carbocycles. The van der Waals surface area contributed by atoms with Gasteiger partial charge in [-0.15, -0.1) is 0 Å². The van der Waals surface area contributed by atoms with Crippen LogP contribution in [0.5, 0.6) is 0 Å². The third kappa shape index (κ3) is 3.26. The van der Waals surface area contributed by atoms with E-state index in [2.05, 4.69) is 42.5 Å². The summed E-state index contributed by atoms with van der Waals surface area (Å²) in [6.07, 6.45) is 1.94. The second-order valence-corrected chi connectivity index (χ2v) is 5.11. The Morgan fingerprint density at radius 3 is 2.60 bits per heavy atom. The predicted molar refractivity (Wildman–Crippen MR) is 80.4 cm³/mol. The lowest BCUT2D eigenvalue weighted by atomic mass is 10.1. The highest BCUT2D eigenvalue weighted by atomic mass is 16.5. The van der Waals surface area contributed by atoms with E-state index >= 15 is 0 Å². The highest BCUT2D eigenvalue weighted by Crippen LogP contribution is 2.17. The third-order valence-electron chi connectivity index (χ3n) is 3.76. The lowest BCUT2D eigenvalue weighted by Gasteiger charge is -2.15. The summed E-state index contributed by atoms with van der Waals surface area (Å²) in [7, 11) is 3.70. The van der Waals surface area contributed by atoms with E-state index in [1.54, 1.807) is 7.11 Å². The third-order valence-corrected chi connectivity index (χ3v) is 3.76. The number of hydrogen-bond donors (Lipinski definition) is 1. The molecule has 0 saturated heterocycles. The van der Waals surface area contributed by atoms with Crippen LogP contribution in [-0.2, 0) is 24.9 Å². The second kappa shape index (κ2) is 6.68. The maximum atomic E-state index is 5.24. The molecule has 0 aliphatic heterocycles. The van der Waals surface area contributed by atoms with Crippen molar-refractivity contribution in [2.45, 2.75) is 33.0 Å². The Balaban J connectivity index is 2.03. The van der Waals surface area contributed by atoms with Gasteiger partial charge < -0.3 is 10.1 Å². The van der Waals surface area contributed by atoms with Crippen LogP contribution >= 0.6 is 0 Å². The SMILES string of the molecule is COCc1ccccc1CNC(C)c1cnn(C)c1C.